The minimum Gasteiger partial charge on any atom is -0.508 e. The molecule has 0 aliphatic rings. The minimum atomic E-state index is -4.00. The Kier molecular flexibility index (Phi) is 9.09. The van der Waals surface area contributed by atoms with E-state index in [1.165, 1.54) is 39.9 Å². The van der Waals surface area contributed by atoms with E-state index in [-0.39, 0.29) is 36.1 Å². The summed E-state index contributed by atoms with van der Waals surface area (Å²) < 4.78 is 29.5. The monoisotopic (exact) mass is 582 g/mol. The molecule has 1 aromatic heterocycles. The molecule has 5 N–H and O–H groups in total. The number of benzene rings is 3. The van der Waals surface area contributed by atoms with Gasteiger partial charge in [-0.2, -0.15) is 4.31 Å². The molecule has 3 aromatic carbocycles. The summed E-state index contributed by atoms with van der Waals surface area (Å²) in [6, 6.07) is 17.7. The zero-order chi connectivity index (χ0) is 29.0. The molecule has 0 radical (unpaired) electrons. The number of hydrogen-bond donors (Lipinski definition) is 4. The van der Waals surface area contributed by atoms with Crippen LogP contribution in [0.15, 0.2) is 71.6 Å². The summed E-state index contributed by atoms with van der Waals surface area (Å²) in [5, 5.41) is 24.5. The number of sulfonamides is 1. The van der Waals surface area contributed by atoms with E-state index in [1.54, 1.807) is 19.1 Å². The molecule has 4 aromatic rings. The van der Waals surface area contributed by atoms with Gasteiger partial charge in [-0.25, -0.2) is 13.4 Å². The fourth-order valence-corrected chi connectivity index (χ4v) is 7.04. The van der Waals surface area contributed by atoms with Crippen LogP contribution in [-0.4, -0.2) is 59.1 Å². The van der Waals surface area contributed by atoms with Gasteiger partial charge < -0.3 is 21.3 Å². The molecular weight excluding hydrogens is 548 g/mol. The number of phenolic OH excluding ortho intramolecular Hbond substituents is 1. The van der Waals surface area contributed by atoms with E-state index in [0.29, 0.717) is 26.5 Å². The number of aromatic hydroxyl groups is 1. The van der Waals surface area contributed by atoms with Crippen molar-refractivity contribution in [1.29, 1.82) is 0 Å². The number of aromatic nitrogens is 1. The molecule has 0 fully saturated rings. The summed E-state index contributed by atoms with van der Waals surface area (Å²) in [7, 11) is -4.00. The summed E-state index contributed by atoms with van der Waals surface area (Å²) in [4.78, 5) is 17.5. The first-order valence-electron chi connectivity index (χ1n) is 12.9. The number of nitrogen functional groups attached to an aromatic ring is 1. The van der Waals surface area contributed by atoms with E-state index < -0.39 is 28.1 Å². The Morgan fingerprint density at radius 2 is 1.80 bits per heavy atom. The van der Waals surface area contributed by atoms with Crippen LogP contribution in [0.25, 0.3) is 10.2 Å². The van der Waals surface area contributed by atoms with Gasteiger partial charge in [0.05, 0.1) is 27.3 Å². The molecule has 11 heteroatoms. The number of thiazole rings is 1. The maximum atomic E-state index is 13.8. The number of amides is 1. The highest BCUT2D eigenvalue weighted by molar-refractivity contribution is 7.89. The van der Waals surface area contributed by atoms with Gasteiger partial charge in [0.1, 0.15) is 5.75 Å². The normalized spacial score (nSPS) is 13.6. The predicted octanol–water partition coefficient (Wildman–Crippen LogP) is 3.94. The number of aliphatic hydroxyl groups excluding tert-OH is 1. The van der Waals surface area contributed by atoms with Crippen molar-refractivity contribution in [1.82, 2.24) is 14.6 Å². The fourth-order valence-electron chi connectivity index (χ4n) is 4.55. The van der Waals surface area contributed by atoms with Crippen molar-refractivity contribution in [2.75, 3.05) is 18.8 Å². The maximum Gasteiger partial charge on any atom is 0.251 e. The molecule has 9 nitrogen and oxygen atoms in total. The minimum absolute atomic E-state index is 0.0217. The van der Waals surface area contributed by atoms with Crippen LogP contribution in [-0.2, 0) is 16.4 Å². The molecule has 40 heavy (non-hydrogen) atoms. The van der Waals surface area contributed by atoms with Crippen molar-refractivity contribution in [3.05, 3.63) is 83.4 Å². The Labute approximate surface area is 238 Å². The van der Waals surface area contributed by atoms with Gasteiger partial charge >= 0.3 is 0 Å². The second-order valence-electron chi connectivity index (χ2n) is 10.2. The van der Waals surface area contributed by atoms with Crippen LogP contribution in [0.5, 0.6) is 5.75 Å². The van der Waals surface area contributed by atoms with Crippen LogP contribution in [0.1, 0.15) is 35.3 Å². The number of nitrogens with two attached hydrogens (primary N) is 1. The topological polar surface area (TPSA) is 146 Å². The quantitative estimate of drug-likeness (QED) is 0.210. The van der Waals surface area contributed by atoms with Gasteiger partial charge in [0, 0.05) is 18.7 Å². The van der Waals surface area contributed by atoms with Crippen LogP contribution in [0.4, 0.5) is 5.13 Å². The third-order valence-electron chi connectivity index (χ3n) is 6.51. The van der Waals surface area contributed by atoms with Crippen LogP contribution in [0.2, 0.25) is 0 Å². The molecule has 212 valence electrons. The SMILES string of the molecule is Cc1cc(O)ccc1C(=O)N[C@@H](Cc1ccccc1)[C@H](O)CN(CC(C)C)S(=O)(=O)c1ccc2nc(N)sc2c1. The van der Waals surface area contributed by atoms with Gasteiger partial charge in [-0.15, -0.1) is 0 Å². The first-order chi connectivity index (χ1) is 18.9. The second kappa shape index (κ2) is 12.3. The Balaban J connectivity index is 1.63. The van der Waals surface area contributed by atoms with E-state index >= 15 is 0 Å². The molecule has 1 amide bonds. The maximum absolute atomic E-state index is 13.8. The van der Waals surface area contributed by atoms with Gasteiger partial charge in [0.15, 0.2) is 5.13 Å². The number of aliphatic hydroxyl groups is 1. The number of aryl methyl sites for hydroxylation is 1. The van der Waals surface area contributed by atoms with Crippen LogP contribution in [0.3, 0.4) is 0 Å². The number of carbonyl (C=O) groups is 1. The van der Waals surface area contributed by atoms with E-state index in [0.717, 1.165) is 5.56 Å². The summed E-state index contributed by atoms with van der Waals surface area (Å²) in [6.07, 6.45) is -0.940. The van der Waals surface area contributed by atoms with Crippen molar-refractivity contribution in [3.63, 3.8) is 0 Å². The Morgan fingerprint density at radius 3 is 2.48 bits per heavy atom. The third kappa shape index (κ3) is 6.97. The summed E-state index contributed by atoms with van der Waals surface area (Å²) in [6.45, 7) is 5.46. The van der Waals surface area contributed by atoms with Crippen LogP contribution in [0, 0.1) is 12.8 Å². The summed E-state index contributed by atoms with van der Waals surface area (Å²) >= 11 is 1.21. The molecular formula is C29H34N4O5S2. The van der Waals surface area contributed by atoms with Crippen molar-refractivity contribution in [3.8, 4) is 5.75 Å². The molecule has 0 saturated heterocycles. The third-order valence-corrected chi connectivity index (χ3v) is 9.18. The second-order valence-corrected chi connectivity index (χ2v) is 13.2. The number of phenols is 1. The van der Waals surface area contributed by atoms with E-state index in [4.69, 9.17) is 5.73 Å². The lowest BCUT2D eigenvalue weighted by molar-refractivity contribution is 0.0775. The molecule has 4 rings (SSSR count). The zero-order valence-electron chi connectivity index (χ0n) is 22.6. The fraction of sp³-hybridized carbons (Fsp3) is 0.310. The number of nitrogens with zero attached hydrogens (tertiary/aromatic N) is 2. The van der Waals surface area contributed by atoms with Gasteiger partial charge in [0.2, 0.25) is 10.0 Å². The standard InChI is InChI=1S/C29H34N4O5S2/c1-18(2)16-33(40(37,38)22-10-12-24-27(15-22)39-29(30)32-24)17-26(35)25(14-20-7-5-4-6-8-20)31-28(36)23-11-9-21(34)13-19(23)3/h4-13,15,18,25-26,34-35H,14,16-17H2,1-3H3,(H2,30,32)(H,31,36)/t25-,26+/m0/s1. The number of hydrogen-bond acceptors (Lipinski definition) is 8. The highest BCUT2D eigenvalue weighted by atomic mass is 32.2. The smallest absolute Gasteiger partial charge is 0.251 e. The lowest BCUT2D eigenvalue weighted by Gasteiger charge is -2.31. The van der Waals surface area contributed by atoms with Gasteiger partial charge in [-0.1, -0.05) is 55.5 Å². The van der Waals surface area contributed by atoms with Crippen LogP contribution >= 0.6 is 11.3 Å². The zero-order valence-corrected chi connectivity index (χ0v) is 24.2. The Bertz CT molecular complexity index is 1590. The molecule has 0 bridgehead atoms. The number of rotatable bonds is 11. The molecule has 2 atom stereocenters. The van der Waals surface area contributed by atoms with Crippen LogP contribution < -0.4 is 11.1 Å². The van der Waals surface area contributed by atoms with Gasteiger partial charge in [-0.05, 0) is 66.8 Å². The molecule has 0 aliphatic carbocycles. The average molecular weight is 583 g/mol. The number of nitrogens with one attached hydrogen (secondary N) is 1. The molecule has 1 heterocycles. The van der Waals surface area contributed by atoms with E-state index in [1.807, 2.05) is 44.2 Å². The van der Waals surface area contributed by atoms with Crippen molar-refractivity contribution in [2.24, 2.45) is 5.92 Å². The highest BCUT2D eigenvalue weighted by Gasteiger charge is 2.32. The Morgan fingerprint density at radius 1 is 1.07 bits per heavy atom. The number of fused-ring (bicyclic) bond motifs is 1. The lowest BCUT2D eigenvalue weighted by Crippen LogP contribution is -2.51. The van der Waals surface area contributed by atoms with Crippen molar-refractivity contribution in [2.45, 2.75) is 44.2 Å². The first-order valence-corrected chi connectivity index (χ1v) is 15.2. The van der Waals surface area contributed by atoms with Crippen molar-refractivity contribution >= 4 is 42.6 Å². The predicted molar refractivity (Wildman–Crippen MR) is 158 cm³/mol. The summed E-state index contributed by atoms with van der Waals surface area (Å²) in [5.74, 6) is -0.404. The first kappa shape index (κ1) is 29.5. The highest BCUT2D eigenvalue weighted by Crippen LogP contribution is 2.28. The Hall–Kier alpha value is -3.51. The van der Waals surface area contributed by atoms with E-state index in [9.17, 15) is 23.4 Å². The van der Waals surface area contributed by atoms with Gasteiger partial charge in [0.25, 0.3) is 5.91 Å². The van der Waals surface area contributed by atoms with Gasteiger partial charge in [-0.3, -0.25) is 4.79 Å². The molecule has 0 aliphatic heterocycles. The molecule has 0 saturated carbocycles. The molecule has 0 spiro atoms. The molecule has 0 unspecified atom stereocenters. The number of carbonyl (C=O) groups excluding carboxylic acids is 1. The van der Waals surface area contributed by atoms with E-state index in [2.05, 4.69) is 10.3 Å². The largest absolute Gasteiger partial charge is 0.508 e. The van der Waals surface area contributed by atoms with Crippen molar-refractivity contribution < 1.29 is 23.4 Å². The summed E-state index contributed by atoms with van der Waals surface area (Å²) in [5.41, 5.74) is 8.23. The number of anilines is 1. The average Bonchev–Trinajstić information content (AvgIpc) is 3.27. The lowest BCUT2D eigenvalue weighted by atomic mass is 9.99.